The van der Waals surface area contributed by atoms with Gasteiger partial charge in [-0.3, -0.25) is 14.4 Å². The third kappa shape index (κ3) is 4.19. The molecule has 11 heteroatoms. The lowest BCUT2D eigenvalue weighted by Crippen LogP contribution is -2.56. The summed E-state index contributed by atoms with van der Waals surface area (Å²) in [5, 5.41) is 17.9. The van der Waals surface area contributed by atoms with Gasteiger partial charge in [-0.15, -0.1) is 18.3 Å². The molecule has 4 heterocycles. The number of aromatic nitrogens is 3. The van der Waals surface area contributed by atoms with Crippen LogP contribution in [0.15, 0.2) is 49.6 Å². The number of hydrogen-bond acceptors (Lipinski definition) is 8. The number of amides is 2. The summed E-state index contributed by atoms with van der Waals surface area (Å²) in [5.74, 6) is -2.71. The summed E-state index contributed by atoms with van der Waals surface area (Å²) in [4.78, 5) is 44.3. The molecule has 2 bridgehead atoms. The number of likely N-dealkylation sites (tertiary alicyclic amines) is 1. The van der Waals surface area contributed by atoms with Gasteiger partial charge in [0, 0.05) is 19.7 Å². The average molecular weight is 524 g/mol. The largest absolute Gasteiger partial charge is 0.465 e. The molecule has 2 aromatic rings. The molecule has 1 spiro atoms. The van der Waals surface area contributed by atoms with Crippen LogP contribution in [-0.4, -0.2) is 91.7 Å². The van der Waals surface area contributed by atoms with E-state index >= 15 is 0 Å². The quantitative estimate of drug-likeness (QED) is 0.250. The first-order chi connectivity index (χ1) is 18.5. The number of nitrogens with zero attached hydrogens (tertiary/aromatic N) is 5. The van der Waals surface area contributed by atoms with Crippen LogP contribution in [0.25, 0.3) is 11.0 Å². The van der Waals surface area contributed by atoms with Crippen molar-refractivity contribution in [3.8, 4) is 0 Å². The van der Waals surface area contributed by atoms with Crippen molar-refractivity contribution in [3.05, 3.63) is 49.6 Å². The number of para-hydroxylation sites is 1. The highest BCUT2D eigenvalue weighted by molar-refractivity contribution is 5.98. The zero-order chi connectivity index (χ0) is 26.9. The van der Waals surface area contributed by atoms with E-state index in [2.05, 4.69) is 23.5 Å². The van der Waals surface area contributed by atoms with Gasteiger partial charge in [0.25, 0.3) is 0 Å². The Morgan fingerprint density at radius 2 is 2.11 bits per heavy atom. The van der Waals surface area contributed by atoms with Crippen LogP contribution >= 0.6 is 0 Å². The van der Waals surface area contributed by atoms with Crippen LogP contribution < -0.4 is 0 Å². The predicted molar refractivity (Wildman–Crippen MR) is 136 cm³/mol. The maximum atomic E-state index is 14.3. The van der Waals surface area contributed by atoms with Crippen molar-refractivity contribution < 1.29 is 29.0 Å². The van der Waals surface area contributed by atoms with Gasteiger partial charge in [-0.25, -0.2) is 4.68 Å². The van der Waals surface area contributed by atoms with E-state index in [4.69, 9.17) is 9.47 Å². The van der Waals surface area contributed by atoms with Crippen LogP contribution in [0.3, 0.4) is 0 Å². The van der Waals surface area contributed by atoms with E-state index in [0.717, 1.165) is 5.52 Å². The SMILES string of the molecule is C=CCCOC(=O)[C@@H]1[C@H]2C(=O)N(CCCO)C(C(=O)N(CC=C)Cn3nnc4ccccc43)C23CC[C@H]1O3. The Kier molecular flexibility index (Phi) is 7.31. The van der Waals surface area contributed by atoms with Crippen LogP contribution in [0, 0.1) is 11.8 Å². The lowest BCUT2D eigenvalue weighted by molar-refractivity contribution is -0.155. The Balaban J connectivity index is 1.47. The van der Waals surface area contributed by atoms with Crippen molar-refractivity contribution in [1.29, 1.82) is 0 Å². The van der Waals surface area contributed by atoms with E-state index in [1.54, 1.807) is 21.7 Å². The van der Waals surface area contributed by atoms with E-state index in [1.165, 1.54) is 4.90 Å². The molecule has 1 N–H and O–H groups in total. The molecule has 2 amide bonds. The molecule has 11 nitrogen and oxygen atoms in total. The van der Waals surface area contributed by atoms with Crippen LogP contribution in [-0.2, 0) is 30.5 Å². The summed E-state index contributed by atoms with van der Waals surface area (Å²) < 4.78 is 13.5. The van der Waals surface area contributed by atoms with Crippen molar-refractivity contribution in [2.45, 2.75) is 50.1 Å². The van der Waals surface area contributed by atoms with Gasteiger partial charge >= 0.3 is 5.97 Å². The van der Waals surface area contributed by atoms with E-state index < -0.39 is 35.6 Å². The first-order valence-electron chi connectivity index (χ1n) is 13.0. The lowest BCUT2D eigenvalue weighted by Gasteiger charge is -2.36. The average Bonchev–Trinajstić information content (AvgIpc) is 3.66. The minimum atomic E-state index is -1.14. The van der Waals surface area contributed by atoms with E-state index in [9.17, 15) is 19.5 Å². The number of esters is 1. The predicted octanol–water partition coefficient (Wildman–Crippen LogP) is 1.28. The molecule has 2 unspecified atom stereocenters. The summed E-state index contributed by atoms with van der Waals surface area (Å²) in [5.41, 5.74) is 0.332. The monoisotopic (exact) mass is 523 g/mol. The highest BCUT2D eigenvalue weighted by Gasteiger charge is 2.75. The number of carbonyl (C=O) groups is 3. The Bertz CT molecular complexity index is 1250. The fourth-order valence-corrected chi connectivity index (χ4v) is 6.25. The van der Waals surface area contributed by atoms with Crippen LogP contribution in [0.1, 0.15) is 25.7 Å². The van der Waals surface area contributed by atoms with E-state index in [1.807, 2.05) is 24.3 Å². The highest BCUT2D eigenvalue weighted by atomic mass is 16.6. The van der Waals surface area contributed by atoms with E-state index in [0.29, 0.717) is 31.2 Å². The maximum absolute atomic E-state index is 14.3. The molecule has 5 atom stereocenters. The molecule has 202 valence electrons. The number of carbonyl (C=O) groups excluding carboxylic acids is 3. The van der Waals surface area contributed by atoms with Gasteiger partial charge in [0.1, 0.15) is 23.8 Å². The first kappa shape index (κ1) is 26.1. The number of fused-ring (bicyclic) bond motifs is 2. The zero-order valence-corrected chi connectivity index (χ0v) is 21.3. The minimum Gasteiger partial charge on any atom is -0.465 e. The van der Waals surface area contributed by atoms with Crippen molar-refractivity contribution in [1.82, 2.24) is 24.8 Å². The normalized spacial score (nSPS) is 27.5. The Hall–Kier alpha value is -3.57. The van der Waals surface area contributed by atoms with Crippen molar-refractivity contribution in [3.63, 3.8) is 0 Å². The molecular weight excluding hydrogens is 490 g/mol. The molecule has 0 saturated carbocycles. The second-order valence-electron chi connectivity index (χ2n) is 9.98. The molecule has 0 aliphatic carbocycles. The van der Waals surface area contributed by atoms with Crippen LogP contribution in [0.5, 0.6) is 0 Å². The van der Waals surface area contributed by atoms with Gasteiger partial charge in [-0.1, -0.05) is 29.5 Å². The maximum Gasteiger partial charge on any atom is 0.312 e. The Morgan fingerprint density at radius 1 is 1.29 bits per heavy atom. The van der Waals surface area contributed by atoms with E-state index in [-0.39, 0.29) is 44.8 Å². The Labute approximate surface area is 220 Å². The van der Waals surface area contributed by atoms with Crippen LogP contribution in [0.2, 0.25) is 0 Å². The highest BCUT2D eigenvalue weighted by Crippen LogP contribution is 2.58. The fourth-order valence-electron chi connectivity index (χ4n) is 6.25. The third-order valence-electron chi connectivity index (χ3n) is 7.82. The molecule has 3 aliphatic rings. The third-order valence-corrected chi connectivity index (χ3v) is 7.82. The van der Waals surface area contributed by atoms with Crippen molar-refractivity contribution >= 4 is 28.8 Å². The summed E-state index contributed by atoms with van der Waals surface area (Å²) in [6, 6.07) is 6.50. The van der Waals surface area contributed by atoms with Crippen molar-refractivity contribution in [2.24, 2.45) is 11.8 Å². The molecule has 3 fully saturated rings. The van der Waals surface area contributed by atoms with Crippen LogP contribution in [0.4, 0.5) is 0 Å². The number of ether oxygens (including phenoxy) is 2. The summed E-state index contributed by atoms with van der Waals surface area (Å²) >= 11 is 0. The number of aliphatic hydroxyl groups excluding tert-OH is 1. The number of rotatable bonds is 12. The first-order valence-corrected chi connectivity index (χ1v) is 13.0. The fraction of sp³-hybridized carbons (Fsp3) is 0.519. The van der Waals surface area contributed by atoms with Gasteiger partial charge in [0.05, 0.1) is 30.1 Å². The van der Waals surface area contributed by atoms with Gasteiger partial charge < -0.3 is 24.4 Å². The van der Waals surface area contributed by atoms with Gasteiger partial charge in [-0.05, 0) is 37.8 Å². The second kappa shape index (κ2) is 10.7. The summed E-state index contributed by atoms with van der Waals surface area (Å²) in [7, 11) is 0. The summed E-state index contributed by atoms with van der Waals surface area (Å²) in [6.07, 6.45) is 4.62. The molecule has 1 aromatic heterocycles. The minimum absolute atomic E-state index is 0.0983. The van der Waals surface area contributed by atoms with Gasteiger partial charge in [0.2, 0.25) is 11.8 Å². The molecule has 3 aliphatic heterocycles. The second-order valence-corrected chi connectivity index (χ2v) is 9.98. The van der Waals surface area contributed by atoms with Gasteiger partial charge in [-0.2, -0.15) is 0 Å². The molecule has 3 saturated heterocycles. The number of aliphatic hydroxyl groups is 1. The topological polar surface area (TPSA) is 127 Å². The molecule has 0 radical (unpaired) electrons. The zero-order valence-electron chi connectivity index (χ0n) is 21.3. The Morgan fingerprint density at radius 3 is 2.87 bits per heavy atom. The molecule has 5 rings (SSSR count). The molecule has 38 heavy (non-hydrogen) atoms. The standard InChI is InChI=1S/C27H33N5O6/c1-3-5-16-37-26(36)21-20-11-12-27(38-20)22(21)24(34)31(14-8-15-33)23(27)25(35)30(13-4-2)17-32-19-10-7-6-9-18(19)28-29-32/h3-4,6-7,9-10,20-23,33H,1-2,5,8,11-17H2/t20-,21+,22+,23?,27?/m1/s1. The van der Waals surface area contributed by atoms with Gasteiger partial charge in [0.15, 0.2) is 0 Å². The molecular formula is C27H33N5O6. The smallest absolute Gasteiger partial charge is 0.312 e. The lowest BCUT2D eigenvalue weighted by atomic mass is 9.70. The summed E-state index contributed by atoms with van der Waals surface area (Å²) in [6.45, 7) is 7.98. The number of hydrogen-bond donors (Lipinski definition) is 1. The molecule has 1 aromatic carbocycles. The number of benzene rings is 1. The van der Waals surface area contributed by atoms with Crippen molar-refractivity contribution in [2.75, 3.05) is 26.3 Å².